The van der Waals surface area contributed by atoms with Crippen molar-refractivity contribution in [3.63, 3.8) is 0 Å². The van der Waals surface area contributed by atoms with Crippen LogP contribution < -0.4 is 19.7 Å². The second kappa shape index (κ2) is 10.9. The number of amides is 1. The number of methoxy groups -OCH3 is 1. The summed E-state index contributed by atoms with van der Waals surface area (Å²) in [5, 5.41) is 2.99. The average molecular weight is 398 g/mol. The molecule has 0 radical (unpaired) electrons. The molecule has 2 N–H and O–H groups in total. The summed E-state index contributed by atoms with van der Waals surface area (Å²) in [6, 6.07) is 13.9. The zero-order valence-electron chi connectivity index (χ0n) is 17.6. The second-order valence-electron chi connectivity index (χ2n) is 7.70. The maximum absolute atomic E-state index is 12.5. The van der Waals surface area contributed by atoms with E-state index in [1.54, 1.807) is 30.2 Å². The average Bonchev–Trinajstić information content (AvgIpc) is 3.26. The Bertz CT molecular complexity index is 783. The minimum absolute atomic E-state index is 0.117. The molecule has 1 aliphatic heterocycles. The molecule has 156 valence electrons. The number of quaternary nitrogens is 1. The van der Waals surface area contributed by atoms with Gasteiger partial charge in [-0.25, -0.2) is 0 Å². The molecule has 1 saturated heterocycles. The Balaban J connectivity index is 1.53. The van der Waals surface area contributed by atoms with Crippen molar-refractivity contribution >= 4 is 5.91 Å². The molecule has 1 amide bonds. The molecule has 2 aromatic rings. The molecule has 1 heterocycles. The third-order valence-corrected chi connectivity index (χ3v) is 5.42. The summed E-state index contributed by atoms with van der Waals surface area (Å²) in [6.07, 6.45) is 4.75. The lowest BCUT2D eigenvalue weighted by Gasteiger charge is -2.13. The summed E-state index contributed by atoms with van der Waals surface area (Å²) >= 11 is 0. The molecule has 1 aliphatic rings. The SMILES string of the molecule is CCCCOc1ccc(C(=O)NCc2ccc(C[NH+]3CCCC3)cc2)cc1OC. The van der Waals surface area contributed by atoms with Gasteiger partial charge in [0, 0.05) is 30.5 Å². The number of ether oxygens (including phenoxy) is 2. The fourth-order valence-corrected chi connectivity index (χ4v) is 3.65. The molecule has 29 heavy (non-hydrogen) atoms. The maximum atomic E-state index is 12.5. The van der Waals surface area contributed by atoms with E-state index in [0.717, 1.165) is 24.9 Å². The predicted octanol–water partition coefficient (Wildman–Crippen LogP) is 2.98. The Morgan fingerprint density at radius 1 is 1.03 bits per heavy atom. The lowest BCUT2D eigenvalue weighted by Crippen LogP contribution is -3.08. The van der Waals surface area contributed by atoms with Gasteiger partial charge in [0.05, 0.1) is 26.8 Å². The minimum atomic E-state index is -0.117. The van der Waals surface area contributed by atoms with Crippen LogP contribution in [-0.2, 0) is 13.1 Å². The van der Waals surface area contributed by atoms with Gasteiger partial charge in [-0.05, 0) is 30.2 Å². The van der Waals surface area contributed by atoms with Crippen LogP contribution in [0.2, 0.25) is 0 Å². The van der Waals surface area contributed by atoms with Crippen LogP contribution >= 0.6 is 0 Å². The molecule has 0 aromatic heterocycles. The third kappa shape index (κ3) is 6.23. The molecular weight excluding hydrogens is 364 g/mol. The van der Waals surface area contributed by atoms with Gasteiger partial charge in [0.25, 0.3) is 5.91 Å². The highest BCUT2D eigenvalue weighted by Crippen LogP contribution is 2.28. The minimum Gasteiger partial charge on any atom is -0.493 e. The molecule has 0 aliphatic carbocycles. The van der Waals surface area contributed by atoms with Gasteiger partial charge in [0.1, 0.15) is 6.54 Å². The van der Waals surface area contributed by atoms with Crippen molar-refractivity contribution in [2.24, 2.45) is 0 Å². The Hall–Kier alpha value is -2.53. The standard InChI is InChI=1S/C24H32N2O3/c1-3-4-15-29-22-12-11-21(16-23(22)28-2)24(27)25-17-19-7-9-20(10-8-19)18-26-13-5-6-14-26/h7-12,16H,3-6,13-15,17-18H2,1-2H3,(H,25,27)/p+1. The van der Waals surface area contributed by atoms with Crippen molar-refractivity contribution in [1.29, 1.82) is 0 Å². The highest BCUT2D eigenvalue weighted by atomic mass is 16.5. The number of nitrogens with one attached hydrogen (secondary N) is 2. The molecule has 0 spiro atoms. The first-order valence-corrected chi connectivity index (χ1v) is 10.7. The van der Waals surface area contributed by atoms with Crippen LogP contribution in [0.4, 0.5) is 0 Å². The van der Waals surface area contributed by atoms with E-state index in [0.29, 0.717) is 30.2 Å². The number of rotatable bonds is 10. The van der Waals surface area contributed by atoms with E-state index < -0.39 is 0 Å². The third-order valence-electron chi connectivity index (χ3n) is 5.42. The highest BCUT2D eigenvalue weighted by molar-refractivity contribution is 5.94. The summed E-state index contributed by atoms with van der Waals surface area (Å²) < 4.78 is 11.1. The number of carbonyl (C=O) groups excluding carboxylic acids is 1. The fourth-order valence-electron chi connectivity index (χ4n) is 3.65. The van der Waals surface area contributed by atoms with Crippen LogP contribution in [0.25, 0.3) is 0 Å². The summed E-state index contributed by atoms with van der Waals surface area (Å²) in [5.41, 5.74) is 3.03. The number of unbranched alkanes of at least 4 members (excludes halogenated alkanes) is 1. The van der Waals surface area contributed by atoms with Crippen LogP contribution in [0.3, 0.4) is 0 Å². The van der Waals surface area contributed by atoms with Gasteiger partial charge in [-0.2, -0.15) is 0 Å². The van der Waals surface area contributed by atoms with Crippen LogP contribution in [0.15, 0.2) is 42.5 Å². The van der Waals surface area contributed by atoms with E-state index in [4.69, 9.17) is 9.47 Å². The van der Waals surface area contributed by atoms with Crippen molar-refractivity contribution in [3.05, 3.63) is 59.2 Å². The first-order chi connectivity index (χ1) is 14.2. The predicted molar refractivity (Wildman–Crippen MR) is 115 cm³/mol. The largest absolute Gasteiger partial charge is 0.493 e. The Labute approximate surface area is 174 Å². The quantitative estimate of drug-likeness (QED) is 0.606. The summed E-state index contributed by atoms with van der Waals surface area (Å²) in [7, 11) is 1.59. The summed E-state index contributed by atoms with van der Waals surface area (Å²) in [4.78, 5) is 14.2. The van der Waals surface area contributed by atoms with Crippen molar-refractivity contribution in [2.75, 3.05) is 26.8 Å². The number of likely N-dealkylation sites (tertiary alicyclic amines) is 1. The topological polar surface area (TPSA) is 52.0 Å². The zero-order valence-corrected chi connectivity index (χ0v) is 17.6. The monoisotopic (exact) mass is 397 g/mol. The molecular formula is C24H33N2O3+. The normalized spacial score (nSPS) is 14.0. The van der Waals surface area contributed by atoms with Gasteiger partial charge in [-0.15, -0.1) is 0 Å². The van der Waals surface area contributed by atoms with Crippen molar-refractivity contribution in [3.8, 4) is 11.5 Å². The van der Waals surface area contributed by atoms with Gasteiger partial charge in [-0.1, -0.05) is 37.6 Å². The molecule has 3 rings (SSSR count). The fraction of sp³-hybridized carbons (Fsp3) is 0.458. The summed E-state index contributed by atoms with van der Waals surface area (Å²) in [6.45, 7) is 6.93. The van der Waals surface area contributed by atoms with E-state index >= 15 is 0 Å². The second-order valence-corrected chi connectivity index (χ2v) is 7.70. The van der Waals surface area contributed by atoms with Crippen molar-refractivity contribution in [2.45, 2.75) is 45.7 Å². The first kappa shape index (κ1) is 21.2. The van der Waals surface area contributed by atoms with Gasteiger partial charge in [-0.3, -0.25) is 4.79 Å². The Kier molecular flexibility index (Phi) is 7.94. The molecule has 0 unspecified atom stereocenters. The zero-order chi connectivity index (χ0) is 20.5. The first-order valence-electron chi connectivity index (χ1n) is 10.7. The van der Waals surface area contributed by atoms with E-state index in [1.165, 1.54) is 31.5 Å². The molecule has 0 saturated carbocycles. The summed E-state index contributed by atoms with van der Waals surface area (Å²) in [5.74, 6) is 1.14. The van der Waals surface area contributed by atoms with E-state index in [2.05, 4.69) is 36.5 Å². The maximum Gasteiger partial charge on any atom is 0.251 e. The molecule has 5 heteroatoms. The highest BCUT2D eigenvalue weighted by Gasteiger charge is 2.15. The molecule has 5 nitrogen and oxygen atoms in total. The van der Waals surface area contributed by atoms with Gasteiger partial charge in [0.2, 0.25) is 0 Å². The van der Waals surface area contributed by atoms with Crippen LogP contribution in [0.5, 0.6) is 11.5 Å². The Morgan fingerprint density at radius 3 is 2.45 bits per heavy atom. The van der Waals surface area contributed by atoms with Crippen molar-refractivity contribution < 1.29 is 19.2 Å². The lowest BCUT2D eigenvalue weighted by molar-refractivity contribution is -0.901. The molecule has 0 bridgehead atoms. The smallest absolute Gasteiger partial charge is 0.251 e. The van der Waals surface area contributed by atoms with E-state index in [1.807, 2.05) is 0 Å². The number of benzene rings is 2. The van der Waals surface area contributed by atoms with Crippen LogP contribution in [0, 0.1) is 0 Å². The van der Waals surface area contributed by atoms with Gasteiger partial charge in [0.15, 0.2) is 11.5 Å². The van der Waals surface area contributed by atoms with E-state index in [9.17, 15) is 4.79 Å². The van der Waals surface area contributed by atoms with Crippen LogP contribution in [0.1, 0.15) is 54.1 Å². The van der Waals surface area contributed by atoms with Crippen molar-refractivity contribution in [1.82, 2.24) is 5.32 Å². The Morgan fingerprint density at radius 2 is 1.76 bits per heavy atom. The van der Waals surface area contributed by atoms with Gasteiger partial charge >= 0.3 is 0 Å². The lowest BCUT2D eigenvalue weighted by atomic mass is 10.1. The number of hydrogen-bond acceptors (Lipinski definition) is 3. The van der Waals surface area contributed by atoms with E-state index in [-0.39, 0.29) is 5.91 Å². The number of hydrogen-bond donors (Lipinski definition) is 2. The van der Waals surface area contributed by atoms with Crippen LogP contribution in [-0.4, -0.2) is 32.7 Å². The van der Waals surface area contributed by atoms with Gasteiger partial charge < -0.3 is 19.7 Å². The molecule has 2 aromatic carbocycles. The molecule has 0 atom stereocenters. The molecule has 1 fully saturated rings. The number of carbonyl (C=O) groups is 1.